The number of nitrogens with one attached hydrogen (secondary N) is 2. The maximum atomic E-state index is 11.6. The molecule has 1 aliphatic heterocycles. The van der Waals surface area contributed by atoms with Crippen molar-refractivity contribution in [3.8, 4) is 0 Å². The van der Waals surface area contributed by atoms with Gasteiger partial charge >= 0.3 is 0 Å². The molecule has 1 aliphatic rings. The highest BCUT2D eigenvalue weighted by Gasteiger charge is 2.24. The van der Waals surface area contributed by atoms with Crippen LogP contribution in [0.1, 0.15) is 5.56 Å². The predicted molar refractivity (Wildman–Crippen MR) is 63.4 cm³/mol. The third kappa shape index (κ3) is 3.04. The van der Waals surface area contributed by atoms with Gasteiger partial charge in [0, 0.05) is 25.6 Å². The molecule has 0 spiro atoms. The van der Waals surface area contributed by atoms with Crippen LogP contribution in [0.4, 0.5) is 0 Å². The molecule has 1 aromatic heterocycles. The second kappa shape index (κ2) is 5.43. The molecular weight excluding hydrogens is 224 g/mol. The van der Waals surface area contributed by atoms with Gasteiger partial charge in [-0.25, -0.2) is 0 Å². The first-order chi connectivity index (χ1) is 7.75. The van der Waals surface area contributed by atoms with Gasteiger partial charge in [-0.05, 0) is 22.4 Å². The first-order valence-corrected chi connectivity index (χ1v) is 6.36. The summed E-state index contributed by atoms with van der Waals surface area (Å²) in [6, 6.07) is 1.95. The molecule has 2 atom stereocenters. The lowest BCUT2D eigenvalue weighted by atomic mass is 10.1. The van der Waals surface area contributed by atoms with E-state index in [9.17, 15) is 9.90 Å². The van der Waals surface area contributed by atoms with Crippen molar-refractivity contribution in [1.29, 1.82) is 0 Å². The van der Waals surface area contributed by atoms with Crippen LogP contribution in [-0.2, 0) is 11.2 Å². The molecule has 0 bridgehead atoms. The average Bonchev–Trinajstić information content (AvgIpc) is 2.87. The topological polar surface area (TPSA) is 61.4 Å². The number of carbonyl (C=O) groups excluding carboxylic acids is 1. The Labute approximate surface area is 98.7 Å². The first kappa shape index (κ1) is 11.6. The normalized spacial score (nSPS) is 24.6. The van der Waals surface area contributed by atoms with Crippen LogP contribution in [0.5, 0.6) is 0 Å². The number of thiophene rings is 1. The van der Waals surface area contributed by atoms with E-state index in [1.165, 1.54) is 0 Å². The van der Waals surface area contributed by atoms with Gasteiger partial charge in [-0.1, -0.05) is 0 Å². The molecule has 1 fully saturated rings. The fraction of sp³-hybridized carbons (Fsp3) is 0.545. The van der Waals surface area contributed by atoms with Gasteiger partial charge in [0.15, 0.2) is 0 Å². The highest BCUT2D eigenvalue weighted by molar-refractivity contribution is 7.07. The van der Waals surface area contributed by atoms with Crippen LogP contribution in [0.3, 0.4) is 0 Å². The summed E-state index contributed by atoms with van der Waals surface area (Å²) in [6.07, 6.45) is 0.0983. The fourth-order valence-corrected chi connectivity index (χ4v) is 2.48. The molecule has 1 amide bonds. The van der Waals surface area contributed by atoms with Gasteiger partial charge in [0.25, 0.3) is 0 Å². The molecule has 1 aromatic rings. The second-order valence-electron chi connectivity index (χ2n) is 4.10. The monoisotopic (exact) mass is 240 g/mol. The van der Waals surface area contributed by atoms with Crippen molar-refractivity contribution in [2.75, 3.05) is 19.6 Å². The van der Waals surface area contributed by atoms with E-state index in [2.05, 4.69) is 10.6 Å². The minimum atomic E-state index is -0.332. The molecule has 3 N–H and O–H groups in total. The van der Waals surface area contributed by atoms with Crippen LogP contribution >= 0.6 is 11.3 Å². The average molecular weight is 240 g/mol. The van der Waals surface area contributed by atoms with Gasteiger partial charge in [-0.15, -0.1) is 0 Å². The number of hydrogen-bond acceptors (Lipinski definition) is 4. The number of carbonyl (C=O) groups is 1. The summed E-state index contributed by atoms with van der Waals surface area (Å²) < 4.78 is 0. The first-order valence-electron chi connectivity index (χ1n) is 5.42. The molecule has 2 heterocycles. The molecule has 0 aliphatic carbocycles. The quantitative estimate of drug-likeness (QED) is 0.693. The zero-order valence-corrected chi connectivity index (χ0v) is 9.80. The van der Waals surface area contributed by atoms with Crippen molar-refractivity contribution < 1.29 is 9.90 Å². The maximum Gasteiger partial charge on any atom is 0.224 e. The standard InChI is InChI=1S/C11H16N2O2S/c14-10-6-12-4-9(10)5-13-11(15)3-8-1-2-16-7-8/h1-2,7,9-10,12,14H,3-6H2,(H,13,15). The lowest BCUT2D eigenvalue weighted by molar-refractivity contribution is -0.120. The Hall–Kier alpha value is -0.910. The molecule has 0 aromatic carbocycles. The largest absolute Gasteiger partial charge is 0.391 e. The van der Waals surface area contributed by atoms with E-state index in [1.54, 1.807) is 11.3 Å². The van der Waals surface area contributed by atoms with Gasteiger partial charge < -0.3 is 15.7 Å². The molecule has 2 rings (SSSR count). The van der Waals surface area contributed by atoms with Crippen LogP contribution in [0.2, 0.25) is 0 Å². The Bertz CT molecular complexity index is 340. The van der Waals surface area contributed by atoms with Crippen molar-refractivity contribution in [1.82, 2.24) is 10.6 Å². The Morgan fingerprint density at radius 3 is 3.12 bits per heavy atom. The van der Waals surface area contributed by atoms with E-state index >= 15 is 0 Å². The summed E-state index contributed by atoms with van der Waals surface area (Å²) in [6.45, 7) is 1.96. The summed E-state index contributed by atoms with van der Waals surface area (Å²) in [5.41, 5.74) is 1.05. The third-order valence-electron chi connectivity index (χ3n) is 2.81. The highest BCUT2D eigenvalue weighted by atomic mass is 32.1. The Morgan fingerprint density at radius 2 is 2.50 bits per heavy atom. The zero-order valence-electron chi connectivity index (χ0n) is 8.98. The fourth-order valence-electron chi connectivity index (χ4n) is 1.81. The molecule has 88 valence electrons. The van der Waals surface area contributed by atoms with Crippen molar-refractivity contribution >= 4 is 17.2 Å². The molecule has 0 saturated carbocycles. The van der Waals surface area contributed by atoms with Crippen LogP contribution in [0, 0.1) is 5.92 Å². The van der Waals surface area contributed by atoms with Crippen LogP contribution in [-0.4, -0.2) is 36.8 Å². The van der Waals surface area contributed by atoms with Crippen molar-refractivity contribution in [3.05, 3.63) is 22.4 Å². The number of β-amino-alcohol motifs (C(OH)–C–C–N with tert-alkyl or cyclic N) is 1. The molecule has 2 unspecified atom stereocenters. The van der Waals surface area contributed by atoms with Crippen LogP contribution in [0.25, 0.3) is 0 Å². The minimum absolute atomic E-state index is 0.0255. The van der Waals surface area contributed by atoms with Gasteiger partial charge in [0.2, 0.25) is 5.91 Å². The number of hydrogen-bond donors (Lipinski definition) is 3. The molecule has 1 saturated heterocycles. The van der Waals surface area contributed by atoms with Crippen LogP contribution < -0.4 is 10.6 Å². The Morgan fingerprint density at radius 1 is 1.62 bits per heavy atom. The lowest BCUT2D eigenvalue weighted by Crippen LogP contribution is -2.35. The lowest BCUT2D eigenvalue weighted by Gasteiger charge is -2.13. The van der Waals surface area contributed by atoms with E-state index < -0.39 is 0 Å². The summed E-state index contributed by atoms with van der Waals surface area (Å²) >= 11 is 1.60. The second-order valence-corrected chi connectivity index (χ2v) is 4.88. The molecule has 4 nitrogen and oxygen atoms in total. The summed E-state index contributed by atoms with van der Waals surface area (Å²) in [4.78, 5) is 11.6. The zero-order chi connectivity index (χ0) is 11.4. The number of aliphatic hydroxyl groups is 1. The van der Waals surface area contributed by atoms with E-state index in [0.29, 0.717) is 19.5 Å². The van der Waals surface area contributed by atoms with Crippen molar-refractivity contribution in [2.24, 2.45) is 5.92 Å². The highest BCUT2D eigenvalue weighted by Crippen LogP contribution is 2.08. The number of amides is 1. The van der Waals surface area contributed by atoms with Gasteiger partial charge in [-0.2, -0.15) is 11.3 Å². The molecule has 5 heteroatoms. The smallest absolute Gasteiger partial charge is 0.224 e. The van der Waals surface area contributed by atoms with Crippen molar-refractivity contribution in [3.63, 3.8) is 0 Å². The predicted octanol–water partition coefficient (Wildman–Crippen LogP) is -0.0129. The molecular formula is C11H16N2O2S. The Balaban J connectivity index is 1.71. The SMILES string of the molecule is O=C(Cc1ccsc1)NCC1CNCC1O. The van der Waals surface area contributed by atoms with E-state index in [0.717, 1.165) is 12.1 Å². The maximum absolute atomic E-state index is 11.6. The van der Waals surface area contributed by atoms with E-state index in [-0.39, 0.29) is 17.9 Å². The van der Waals surface area contributed by atoms with Gasteiger partial charge in [0.1, 0.15) is 0 Å². The van der Waals surface area contributed by atoms with Gasteiger partial charge in [-0.3, -0.25) is 4.79 Å². The number of aliphatic hydroxyl groups excluding tert-OH is 1. The van der Waals surface area contributed by atoms with E-state index in [1.807, 2.05) is 16.8 Å². The summed E-state index contributed by atoms with van der Waals surface area (Å²) in [5.74, 6) is 0.170. The summed E-state index contributed by atoms with van der Waals surface area (Å²) in [5, 5.41) is 19.4. The minimum Gasteiger partial charge on any atom is -0.391 e. The number of rotatable bonds is 4. The molecule has 0 radical (unpaired) electrons. The summed E-state index contributed by atoms with van der Waals surface area (Å²) in [7, 11) is 0. The van der Waals surface area contributed by atoms with Crippen LogP contribution in [0.15, 0.2) is 16.8 Å². The van der Waals surface area contributed by atoms with Gasteiger partial charge in [0.05, 0.1) is 12.5 Å². The molecule has 16 heavy (non-hydrogen) atoms. The van der Waals surface area contributed by atoms with E-state index in [4.69, 9.17) is 0 Å². The van der Waals surface area contributed by atoms with Crippen molar-refractivity contribution in [2.45, 2.75) is 12.5 Å². The third-order valence-corrected chi connectivity index (χ3v) is 3.54. The Kier molecular flexibility index (Phi) is 3.93.